The summed E-state index contributed by atoms with van der Waals surface area (Å²) in [6, 6.07) is 25.6. The number of hydrogen-bond donors (Lipinski definition) is 2. The molecule has 3 aromatic carbocycles. The number of ether oxygens (including phenoxy) is 3. The van der Waals surface area contributed by atoms with E-state index in [4.69, 9.17) is 14.2 Å². The first-order valence-corrected chi connectivity index (χ1v) is 12.8. The molecule has 2 N–H and O–H groups in total. The van der Waals surface area contributed by atoms with Crippen LogP contribution in [0.3, 0.4) is 0 Å². The maximum absolute atomic E-state index is 12.6. The van der Waals surface area contributed by atoms with Crippen molar-refractivity contribution in [1.29, 1.82) is 0 Å². The van der Waals surface area contributed by atoms with Crippen LogP contribution < -0.4 is 10.6 Å². The largest absolute Gasteiger partial charge is 0.459 e. The average molecular weight is 515 g/mol. The van der Waals surface area contributed by atoms with Crippen molar-refractivity contribution >= 4 is 18.0 Å². The Hall–Kier alpha value is -4.17. The Kier molecular flexibility index (Phi) is 7.70. The fourth-order valence-corrected chi connectivity index (χ4v) is 4.88. The third-order valence-corrected chi connectivity index (χ3v) is 7.10. The molecule has 0 saturated heterocycles. The minimum atomic E-state index is -1.04. The highest BCUT2D eigenvalue weighted by molar-refractivity contribution is 5.83. The summed E-state index contributed by atoms with van der Waals surface area (Å²) in [5, 5.41) is 5.05. The lowest BCUT2D eigenvalue weighted by Crippen LogP contribution is -2.51. The molecule has 2 aliphatic carbocycles. The molecule has 2 amide bonds. The summed E-state index contributed by atoms with van der Waals surface area (Å²) in [5.41, 5.74) is 4.37. The smallest absolute Gasteiger partial charge is 0.407 e. The van der Waals surface area contributed by atoms with Gasteiger partial charge in [0.15, 0.2) is 5.60 Å². The first-order chi connectivity index (χ1) is 18.6. The lowest BCUT2D eigenvalue weighted by Gasteiger charge is -2.38. The van der Waals surface area contributed by atoms with Gasteiger partial charge in [0.1, 0.15) is 26.5 Å². The second-order valence-corrected chi connectivity index (χ2v) is 9.48. The molecule has 196 valence electrons. The van der Waals surface area contributed by atoms with Gasteiger partial charge in [0.25, 0.3) is 0 Å². The predicted octanol–water partition coefficient (Wildman–Crippen LogP) is 4.28. The van der Waals surface area contributed by atoms with Crippen molar-refractivity contribution in [3.05, 3.63) is 95.6 Å². The van der Waals surface area contributed by atoms with Crippen LogP contribution >= 0.6 is 0 Å². The van der Waals surface area contributed by atoms with Crippen LogP contribution in [0.15, 0.2) is 78.9 Å². The molecule has 8 nitrogen and oxygen atoms in total. The van der Waals surface area contributed by atoms with E-state index in [1.807, 2.05) is 66.7 Å². The number of carbonyl (C=O) groups is 3. The molecule has 0 radical (unpaired) electrons. The normalized spacial score (nSPS) is 14.9. The van der Waals surface area contributed by atoms with E-state index >= 15 is 0 Å². The Labute approximate surface area is 221 Å². The number of rotatable bonds is 10. The van der Waals surface area contributed by atoms with E-state index < -0.39 is 23.6 Å². The lowest BCUT2D eigenvalue weighted by molar-refractivity contribution is -0.188. The monoisotopic (exact) mass is 514 g/mol. The second kappa shape index (κ2) is 11.5. The fraction of sp³-hybridized carbons (Fsp3) is 0.300. The number of carbonyl (C=O) groups excluding carboxylic acids is 3. The molecule has 0 heterocycles. The van der Waals surface area contributed by atoms with Gasteiger partial charge >= 0.3 is 12.1 Å². The molecule has 38 heavy (non-hydrogen) atoms. The van der Waals surface area contributed by atoms with E-state index in [9.17, 15) is 14.4 Å². The van der Waals surface area contributed by atoms with Gasteiger partial charge < -0.3 is 24.8 Å². The quantitative estimate of drug-likeness (QED) is 0.309. The topological polar surface area (TPSA) is 103 Å². The van der Waals surface area contributed by atoms with Gasteiger partial charge in [0.05, 0.1) is 0 Å². The summed E-state index contributed by atoms with van der Waals surface area (Å²) in [6.07, 6.45) is 1.24. The molecule has 0 spiro atoms. The minimum Gasteiger partial charge on any atom is -0.459 e. The molecule has 8 heteroatoms. The highest BCUT2D eigenvalue weighted by Crippen LogP contribution is 2.44. The van der Waals surface area contributed by atoms with Gasteiger partial charge in [0, 0.05) is 5.92 Å². The highest BCUT2D eigenvalue weighted by Gasteiger charge is 2.47. The van der Waals surface area contributed by atoms with Gasteiger partial charge in [-0.2, -0.15) is 0 Å². The van der Waals surface area contributed by atoms with Crippen LogP contribution in [0.4, 0.5) is 4.79 Å². The molecule has 0 bridgehead atoms. The van der Waals surface area contributed by atoms with Crippen LogP contribution in [-0.4, -0.2) is 43.5 Å². The van der Waals surface area contributed by atoms with Crippen LogP contribution in [0.5, 0.6) is 0 Å². The molecule has 0 unspecified atom stereocenters. The van der Waals surface area contributed by atoms with Gasteiger partial charge in [-0.25, -0.2) is 9.59 Å². The van der Waals surface area contributed by atoms with Gasteiger partial charge in [-0.1, -0.05) is 78.9 Å². The molecule has 5 rings (SSSR count). The summed E-state index contributed by atoms with van der Waals surface area (Å²) in [6.45, 7) is -0.101. The number of alkyl carbamates (subject to hydrolysis) is 1. The van der Waals surface area contributed by atoms with Gasteiger partial charge in [-0.3, -0.25) is 4.79 Å². The SMILES string of the molecule is O=C(CNC(=O)OCC1c2ccccc2-c2ccccc21)NCOC1(C(=O)OCc2ccccc2)CCC1. The van der Waals surface area contributed by atoms with Gasteiger partial charge in [0.2, 0.25) is 5.91 Å². The van der Waals surface area contributed by atoms with Crippen molar-refractivity contribution in [3.8, 4) is 11.1 Å². The third-order valence-electron chi connectivity index (χ3n) is 7.10. The van der Waals surface area contributed by atoms with Crippen molar-refractivity contribution in [2.75, 3.05) is 19.9 Å². The molecule has 0 atom stereocenters. The van der Waals surface area contributed by atoms with E-state index in [1.165, 1.54) is 0 Å². The summed E-state index contributed by atoms with van der Waals surface area (Å²) in [5.74, 6) is -0.945. The molecular weight excluding hydrogens is 484 g/mol. The van der Waals surface area contributed by atoms with E-state index in [2.05, 4.69) is 22.8 Å². The number of esters is 1. The van der Waals surface area contributed by atoms with Crippen molar-refractivity contribution in [2.45, 2.75) is 37.4 Å². The molecular formula is C30H30N2O6. The molecule has 1 saturated carbocycles. The zero-order chi connectivity index (χ0) is 26.4. The first-order valence-electron chi connectivity index (χ1n) is 12.8. The maximum atomic E-state index is 12.6. The Morgan fingerprint density at radius 1 is 0.789 bits per heavy atom. The molecule has 2 aliphatic rings. The summed E-state index contributed by atoms with van der Waals surface area (Å²) in [7, 11) is 0. The second-order valence-electron chi connectivity index (χ2n) is 9.48. The van der Waals surface area contributed by atoms with Crippen LogP contribution in [-0.2, 0) is 30.4 Å². The number of amides is 2. The van der Waals surface area contributed by atoms with Crippen molar-refractivity contribution in [2.24, 2.45) is 0 Å². The number of benzene rings is 3. The van der Waals surface area contributed by atoms with E-state index in [0.717, 1.165) is 34.2 Å². The number of nitrogens with one attached hydrogen (secondary N) is 2. The maximum Gasteiger partial charge on any atom is 0.407 e. The van der Waals surface area contributed by atoms with E-state index in [1.54, 1.807) is 0 Å². The molecule has 0 aromatic heterocycles. The molecule has 0 aliphatic heterocycles. The lowest BCUT2D eigenvalue weighted by atomic mass is 9.80. The zero-order valence-corrected chi connectivity index (χ0v) is 21.0. The van der Waals surface area contributed by atoms with Crippen LogP contribution in [0.1, 0.15) is 41.9 Å². The highest BCUT2D eigenvalue weighted by atomic mass is 16.6. The predicted molar refractivity (Wildman–Crippen MR) is 140 cm³/mol. The van der Waals surface area contributed by atoms with Crippen LogP contribution in [0, 0.1) is 0 Å². The Bertz CT molecular complexity index is 1260. The van der Waals surface area contributed by atoms with Crippen molar-refractivity contribution < 1.29 is 28.6 Å². The third kappa shape index (κ3) is 5.55. The summed E-state index contributed by atoms with van der Waals surface area (Å²) < 4.78 is 16.6. The van der Waals surface area contributed by atoms with Gasteiger partial charge in [-0.15, -0.1) is 0 Å². The standard InChI is InChI=1S/C30H30N2O6/c33-27(32-20-38-30(15-8-16-30)28(34)36-18-21-9-2-1-3-10-21)17-31-29(35)37-19-26-24-13-6-4-11-22(24)23-12-5-7-14-25(23)26/h1-7,9-14,26H,8,15-20H2,(H,31,35)(H,32,33). The summed E-state index contributed by atoms with van der Waals surface area (Å²) in [4.78, 5) is 37.1. The molecule has 1 fully saturated rings. The van der Waals surface area contributed by atoms with Crippen LogP contribution in [0.25, 0.3) is 11.1 Å². The van der Waals surface area contributed by atoms with Gasteiger partial charge in [-0.05, 0) is 47.1 Å². The summed E-state index contributed by atoms with van der Waals surface area (Å²) >= 11 is 0. The molecule has 3 aromatic rings. The minimum absolute atomic E-state index is 0.0595. The zero-order valence-electron chi connectivity index (χ0n) is 21.0. The fourth-order valence-electron chi connectivity index (χ4n) is 4.88. The van der Waals surface area contributed by atoms with Crippen molar-refractivity contribution in [3.63, 3.8) is 0 Å². The van der Waals surface area contributed by atoms with Crippen molar-refractivity contribution in [1.82, 2.24) is 10.6 Å². The Balaban J connectivity index is 1.03. The number of hydrogen-bond acceptors (Lipinski definition) is 6. The Morgan fingerprint density at radius 3 is 2.05 bits per heavy atom. The first kappa shape index (κ1) is 25.5. The Morgan fingerprint density at radius 2 is 1.42 bits per heavy atom. The average Bonchev–Trinajstić information content (AvgIpc) is 3.25. The van der Waals surface area contributed by atoms with E-state index in [-0.39, 0.29) is 32.4 Å². The number of fused-ring (bicyclic) bond motifs is 3. The van der Waals surface area contributed by atoms with Crippen LogP contribution in [0.2, 0.25) is 0 Å². The van der Waals surface area contributed by atoms with E-state index in [0.29, 0.717) is 12.8 Å².